The van der Waals surface area contributed by atoms with Crippen LogP contribution in [0.4, 0.5) is 5.13 Å². The Morgan fingerprint density at radius 3 is 2.06 bits per heavy atom. The van der Waals surface area contributed by atoms with Crippen LogP contribution in [-0.2, 0) is 9.13 Å². The zero-order valence-electron chi connectivity index (χ0n) is 9.59. The molecule has 1 rings (SSSR count). The predicted molar refractivity (Wildman–Crippen MR) is 67.7 cm³/mol. The molecule has 0 aliphatic heterocycles. The lowest BCUT2D eigenvalue weighted by molar-refractivity contribution is 0.343. The normalized spacial score (nSPS) is 13.3. The molecule has 0 saturated carbocycles. The van der Waals surface area contributed by atoms with Crippen LogP contribution in [-0.4, -0.2) is 30.1 Å². The van der Waals surface area contributed by atoms with Crippen LogP contribution < -0.4 is 5.32 Å². The highest BCUT2D eigenvalue weighted by Gasteiger charge is 2.44. The molecular weight excluding hydrogens is 302 g/mol. The molecule has 104 valence electrons. The molecule has 0 aromatic carbocycles. The third kappa shape index (κ3) is 4.13. The number of rotatable bonds is 5. The molecule has 18 heavy (non-hydrogen) atoms. The standard InChI is InChI=1S/C7H14N2O6P2S/c1-4(2)5-3-8-6(18-5)9-7(16(10,11)12)17(13,14)15/h3-4,7H,1-2H3,(H,8,9)(H2,10,11,12)(H2,13,14,15). The summed E-state index contributed by atoms with van der Waals surface area (Å²) in [6, 6.07) is 0. The van der Waals surface area contributed by atoms with Gasteiger partial charge >= 0.3 is 15.2 Å². The second kappa shape index (κ2) is 5.38. The van der Waals surface area contributed by atoms with Crippen molar-refractivity contribution in [1.29, 1.82) is 0 Å². The summed E-state index contributed by atoms with van der Waals surface area (Å²) in [7, 11) is -9.97. The molecule has 0 amide bonds. The number of hydrogen-bond donors (Lipinski definition) is 5. The molecule has 0 saturated heterocycles. The maximum atomic E-state index is 11.0. The van der Waals surface area contributed by atoms with Crippen LogP contribution in [0.15, 0.2) is 6.20 Å². The fourth-order valence-corrected chi connectivity index (χ4v) is 4.26. The summed E-state index contributed by atoms with van der Waals surface area (Å²) < 4.78 is 22.1. The van der Waals surface area contributed by atoms with Gasteiger partial charge in [-0.05, 0) is 5.92 Å². The summed E-state index contributed by atoms with van der Waals surface area (Å²) >= 11 is 1.09. The first-order chi connectivity index (χ1) is 8.01. The molecule has 1 heterocycles. The molecule has 0 radical (unpaired) electrons. The van der Waals surface area contributed by atoms with Crippen LogP contribution in [0.25, 0.3) is 0 Å². The molecule has 0 aliphatic carbocycles. The Morgan fingerprint density at radius 2 is 1.72 bits per heavy atom. The quantitative estimate of drug-likeness (QED) is 0.512. The third-order valence-electron chi connectivity index (χ3n) is 1.98. The summed E-state index contributed by atoms with van der Waals surface area (Å²) in [6.07, 6.45) is 1.49. The van der Waals surface area contributed by atoms with Gasteiger partial charge in [0, 0.05) is 11.1 Å². The van der Waals surface area contributed by atoms with E-state index in [4.69, 9.17) is 19.6 Å². The van der Waals surface area contributed by atoms with Crippen molar-refractivity contribution in [2.75, 3.05) is 5.32 Å². The largest absolute Gasteiger partial charge is 0.360 e. The lowest BCUT2D eigenvalue weighted by atomic mass is 10.2. The van der Waals surface area contributed by atoms with Gasteiger partial charge in [0.1, 0.15) is 0 Å². The smallest absolute Gasteiger partial charge is 0.338 e. The highest BCUT2D eigenvalue weighted by molar-refractivity contribution is 7.71. The van der Waals surface area contributed by atoms with Gasteiger partial charge in [-0.15, -0.1) is 11.3 Å². The summed E-state index contributed by atoms with van der Waals surface area (Å²) in [6.45, 7) is 3.81. The SMILES string of the molecule is CC(C)c1cnc(NC(P(=O)(O)O)P(=O)(O)O)s1. The second-order valence-corrected chi connectivity index (χ2v) is 8.78. The van der Waals surface area contributed by atoms with Crippen LogP contribution in [0.5, 0.6) is 0 Å². The Hall–Kier alpha value is -0.270. The van der Waals surface area contributed by atoms with E-state index in [1.807, 2.05) is 13.8 Å². The summed E-state index contributed by atoms with van der Waals surface area (Å²) in [4.78, 5) is 40.4. The molecule has 1 aromatic rings. The number of hydrogen-bond acceptors (Lipinski definition) is 5. The van der Waals surface area contributed by atoms with Gasteiger partial charge in [0.2, 0.25) is 5.52 Å². The van der Waals surface area contributed by atoms with Crippen LogP contribution >= 0.6 is 26.5 Å². The first-order valence-corrected chi connectivity index (χ1v) is 9.02. The lowest BCUT2D eigenvalue weighted by Gasteiger charge is -2.19. The molecule has 0 aliphatic rings. The Labute approximate surface area is 107 Å². The molecule has 0 atom stereocenters. The van der Waals surface area contributed by atoms with E-state index in [1.165, 1.54) is 6.20 Å². The Morgan fingerprint density at radius 1 is 1.22 bits per heavy atom. The zero-order chi connectivity index (χ0) is 14.1. The number of nitrogens with zero attached hydrogens (tertiary/aromatic N) is 1. The van der Waals surface area contributed by atoms with E-state index < -0.39 is 20.7 Å². The molecule has 8 nitrogen and oxygen atoms in total. The maximum Gasteiger partial charge on any atom is 0.360 e. The first-order valence-electron chi connectivity index (χ1n) is 4.84. The predicted octanol–water partition coefficient (Wildman–Crippen LogP) is 1.32. The Balaban J connectivity index is 2.98. The van der Waals surface area contributed by atoms with Crippen molar-refractivity contribution in [3.05, 3.63) is 11.1 Å². The Bertz CT molecular complexity index is 484. The van der Waals surface area contributed by atoms with Gasteiger partial charge in [-0.3, -0.25) is 9.13 Å². The molecule has 1 aromatic heterocycles. The van der Waals surface area contributed by atoms with Crippen LogP contribution in [0.3, 0.4) is 0 Å². The third-order valence-corrected chi connectivity index (χ3v) is 6.55. The molecule has 0 bridgehead atoms. The number of nitrogens with one attached hydrogen (secondary N) is 1. The fourth-order valence-electron chi connectivity index (χ4n) is 1.09. The van der Waals surface area contributed by atoms with E-state index in [-0.39, 0.29) is 11.0 Å². The number of thiazole rings is 1. The average Bonchev–Trinajstić information content (AvgIpc) is 2.58. The minimum atomic E-state index is -4.98. The van der Waals surface area contributed by atoms with Gasteiger partial charge in [-0.1, -0.05) is 13.8 Å². The van der Waals surface area contributed by atoms with E-state index in [1.54, 1.807) is 0 Å². The van der Waals surface area contributed by atoms with E-state index in [9.17, 15) is 9.13 Å². The average molecular weight is 316 g/mol. The molecule has 0 spiro atoms. The van der Waals surface area contributed by atoms with Crippen molar-refractivity contribution >= 4 is 31.7 Å². The molecular formula is C7H14N2O6P2S. The van der Waals surface area contributed by atoms with Gasteiger partial charge in [0.05, 0.1) is 0 Å². The van der Waals surface area contributed by atoms with E-state index >= 15 is 0 Å². The Kier molecular flexibility index (Phi) is 4.72. The van der Waals surface area contributed by atoms with Crippen LogP contribution in [0.1, 0.15) is 24.6 Å². The van der Waals surface area contributed by atoms with Gasteiger partial charge < -0.3 is 24.9 Å². The molecule has 0 fully saturated rings. The first kappa shape index (κ1) is 15.8. The second-order valence-electron chi connectivity index (χ2n) is 3.92. The van der Waals surface area contributed by atoms with E-state index in [0.717, 1.165) is 16.2 Å². The van der Waals surface area contributed by atoms with Crippen molar-refractivity contribution in [2.24, 2.45) is 0 Å². The summed E-state index contributed by atoms with van der Waals surface area (Å²) in [5.41, 5.74) is -2.27. The monoisotopic (exact) mass is 316 g/mol. The number of aromatic nitrogens is 1. The maximum absolute atomic E-state index is 11.0. The van der Waals surface area contributed by atoms with Crippen molar-refractivity contribution in [3.8, 4) is 0 Å². The van der Waals surface area contributed by atoms with Crippen molar-refractivity contribution in [2.45, 2.75) is 25.3 Å². The van der Waals surface area contributed by atoms with Crippen LogP contribution in [0, 0.1) is 0 Å². The van der Waals surface area contributed by atoms with Crippen LogP contribution in [0.2, 0.25) is 0 Å². The van der Waals surface area contributed by atoms with Gasteiger partial charge in [-0.25, -0.2) is 4.98 Å². The molecule has 11 heteroatoms. The topological polar surface area (TPSA) is 140 Å². The summed E-state index contributed by atoms with van der Waals surface area (Å²) in [5, 5.41) is 2.18. The molecule has 5 N–H and O–H groups in total. The van der Waals surface area contributed by atoms with Crippen molar-refractivity contribution in [3.63, 3.8) is 0 Å². The van der Waals surface area contributed by atoms with Gasteiger partial charge in [-0.2, -0.15) is 0 Å². The fraction of sp³-hybridized carbons (Fsp3) is 0.571. The minimum Gasteiger partial charge on any atom is -0.338 e. The zero-order valence-corrected chi connectivity index (χ0v) is 12.2. The van der Waals surface area contributed by atoms with E-state index in [0.29, 0.717) is 0 Å². The van der Waals surface area contributed by atoms with Crippen molar-refractivity contribution < 1.29 is 28.7 Å². The van der Waals surface area contributed by atoms with Gasteiger partial charge in [0.25, 0.3) is 0 Å². The van der Waals surface area contributed by atoms with Gasteiger partial charge in [0.15, 0.2) is 5.13 Å². The minimum absolute atomic E-state index is 0.0651. The highest BCUT2D eigenvalue weighted by Crippen LogP contribution is 2.59. The highest BCUT2D eigenvalue weighted by atomic mass is 32.1. The van der Waals surface area contributed by atoms with E-state index in [2.05, 4.69) is 10.3 Å². The van der Waals surface area contributed by atoms with Crippen molar-refractivity contribution in [1.82, 2.24) is 4.98 Å². The molecule has 0 unspecified atom stereocenters. The number of anilines is 1. The summed E-state index contributed by atoms with van der Waals surface area (Å²) in [5.74, 6) is 0.168. The lowest BCUT2D eigenvalue weighted by Crippen LogP contribution is -2.19.